The molecule has 0 atom stereocenters. The van der Waals surface area contributed by atoms with Crippen LogP contribution in [0.5, 0.6) is 0 Å². The first-order chi connectivity index (χ1) is 25.3. The van der Waals surface area contributed by atoms with Crippen molar-refractivity contribution in [2.45, 2.75) is 0 Å². The van der Waals surface area contributed by atoms with Crippen LogP contribution in [0.2, 0.25) is 0 Å². The highest BCUT2D eigenvalue weighted by Crippen LogP contribution is 2.45. The first kappa shape index (κ1) is 28.4. The van der Waals surface area contributed by atoms with Crippen molar-refractivity contribution in [1.29, 1.82) is 0 Å². The monoisotopic (exact) mass is 667 g/mol. The molecule has 0 aliphatic carbocycles. The fourth-order valence-electron chi connectivity index (χ4n) is 8.00. The van der Waals surface area contributed by atoms with Crippen LogP contribution in [-0.4, -0.2) is 4.57 Å². The van der Waals surface area contributed by atoms with E-state index in [9.17, 15) is 0 Å². The summed E-state index contributed by atoms with van der Waals surface area (Å²) in [5, 5.41) is 7.45. The summed E-state index contributed by atoms with van der Waals surface area (Å²) in [7, 11) is 0. The van der Waals surface area contributed by atoms with Crippen LogP contribution < -0.4 is 0 Å². The first-order valence-corrected chi connectivity index (χ1v) is 18.2. The lowest BCUT2D eigenvalue weighted by molar-refractivity contribution is 0.669. The van der Waals surface area contributed by atoms with E-state index < -0.39 is 0 Å². The van der Waals surface area contributed by atoms with Gasteiger partial charge in [-0.3, -0.25) is 0 Å². The molecule has 0 amide bonds. The molecule has 0 fully saturated rings. The molecule has 238 valence electrons. The number of rotatable bonds is 4. The van der Waals surface area contributed by atoms with E-state index in [-0.39, 0.29) is 0 Å². The zero-order valence-electron chi connectivity index (χ0n) is 27.5. The van der Waals surface area contributed by atoms with E-state index in [4.69, 9.17) is 4.42 Å². The molecule has 0 aliphatic heterocycles. The number of aromatic nitrogens is 1. The molecule has 0 unspecified atom stereocenters. The number of hydrogen-bond donors (Lipinski definition) is 0. The Kier molecular flexibility index (Phi) is 6.16. The molecular weight excluding hydrogens is 639 g/mol. The number of fused-ring (bicyclic) bond motifs is 10. The minimum absolute atomic E-state index is 0.936. The summed E-state index contributed by atoms with van der Waals surface area (Å²) in [5.74, 6) is 0. The minimum atomic E-state index is 0.936. The highest BCUT2D eigenvalue weighted by molar-refractivity contribution is 7.27. The molecular formula is C48H29NOS. The Morgan fingerprint density at radius 3 is 1.65 bits per heavy atom. The van der Waals surface area contributed by atoms with Crippen molar-refractivity contribution in [3.05, 3.63) is 176 Å². The third-order valence-corrected chi connectivity index (χ3v) is 11.7. The molecule has 0 aliphatic rings. The van der Waals surface area contributed by atoms with E-state index in [0.717, 1.165) is 16.9 Å². The Morgan fingerprint density at radius 2 is 0.961 bits per heavy atom. The van der Waals surface area contributed by atoms with Gasteiger partial charge in [0.25, 0.3) is 0 Å². The van der Waals surface area contributed by atoms with Gasteiger partial charge in [-0.15, -0.1) is 11.3 Å². The smallest absolute Gasteiger partial charge is 0.136 e. The molecule has 51 heavy (non-hydrogen) atoms. The van der Waals surface area contributed by atoms with Crippen LogP contribution >= 0.6 is 11.3 Å². The largest absolute Gasteiger partial charge is 0.456 e. The van der Waals surface area contributed by atoms with Gasteiger partial charge >= 0.3 is 0 Å². The maximum Gasteiger partial charge on any atom is 0.136 e. The Balaban J connectivity index is 1.08. The van der Waals surface area contributed by atoms with Crippen LogP contribution in [0.1, 0.15) is 0 Å². The average molecular weight is 668 g/mol. The lowest BCUT2D eigenvalue weighted by atomic mass is 10.0. The summed E-state index contributed by atoms with van der Waals surface area (Å²) >= 11 is 1.87. The van der Waals surface area contributed by atoms with Gasteiger partial charge in [0.2, 0.25) is 0 Å². The molecule has 0 spiro atoms. The molecule has 0 N–H and O–H groups in total. The van der Waals surface area contributed by atoms with Crippen LogP contribution in [0.15, 0.2) is 180 Å². The van der Waals surface area contributed by atoms with Crippen LogP contribution in [0.25, 0.3) is 103 Å². The maximum atomic E-state index is 6.24. The summed E-state index contributed by atoms with van der Waals surface area (Å²) < 4.78 is 11.2. The molecule has 11 rings (SSSR count). The van der Waals surface area contributed by atoms with E-state index in [1.54, 1.807) is 0 Å². The summed E-state index contributed by atoms with van der Waals surface area (Å²) in [6, 6.07) is 63.6. The van der Waals surface area contributed by atoms with Crippen molar-refractivity contribution in [3.63, 3.8) is 0 Å². The Hall–Kier alpha value is -6.42. The maximum absolute atomic E-state index is 6.24. The Morgan fingerprint density at radius 1 is 0.373 bits per heavy atom. The van der Waals surface area contributed by atoms with E-state index >= 15 is 0 Å². The summed E-state index contributed by atoms with van der Waals surface area (Å²) in [6.45, 7) is 0. The first-order valence-electron chi connectivity index (χ1n) is 17.3. The predicted octanol–water partition coefficient (Wildman–Crippen LogP) is 14.1. The van der Waals surface area contributed by atoms with Gasteiger partial charge < -0.3 is 8.98 Å². The molecule has 2 nitrogen and oxygen atoms in total. The van der Waals surface area contributed by atoms with Crippen LogP contribution in [0.4, 0.5) is 0 Å². The third-order valence-electron chi connectivity index (χ3n) is 10.4. The summed E-state index contributed by atoms with van der Waals surface area (Å²) in [4.78, 5) is 0. The van der Waals surface area contributed by atoms with Crippen molar-refractivity contribution in [1.82, 2.24) is 4.57 Å². The zero-order chi connectivity index (χ0) is 33.5. The van der Waals surface area contributed by atoms with Gasteiger partial charge in [-0.2, -0.15) is 0 Å². The standard InChI is InChI=1S/C48H29NOS/c1-3-10-30(11-4-1)33-20-25-42-40(28-33)41-29-34(31-12-5-2-6-13-31)21-26-43(41)49(42)35-22-18-32(19-23-35)36-15-9-16-37-38-24-27-45-46(48(38)51-47(36)37)39-14-7-8-17-44(39)50-45/h1-29H. The fraction of sp³-hybridized carbons (Fsp3) is 0. The van der Waals surface area contributed by atoms with E-state index in [2.05, 4.69) is 174 Å². The second-order valence-corrected chi connectivity index (χ2v) is 14.3. The minimum Gasteiger partial charge on any atom is -0.456 e. The van der Waals surface area contributed by atoms with Gasteiger partial charge in [0.1, 0.15) is 11.2 Å². The molecule has 3 aromatic heterocycles. The molecule has 3 heteroatoms. The van der Waals surface area contributed by atoms with Gasteiger partial charge in [0.15, 0.2) is 0 Å². The fourth-order valence-corrected chi connectivity index (χ4v) is 9.39. The average Bonchev–Trinajstić information content (AvgIpc) is 3.87. The zero-order valence-corrected chi connectivity index (χ0v) is 28.3. The molecule has 11 aromatic rings. The number of furan rings is 1. The van der Waals surface area contributed by atoms with Gasteiger partial charge in [0, 0.05) is 47.4 Å². The van der Waals surface area contributed by atoms with Crippen LogP contribution in [0, 0.1) is 0 Å². The quantitative estimate of drug-likeness (QED) is 0.183. The number of thiophene rings is 1. The number of hydrogen-bond acceptors (Lipinski definition) is 2. The lowest BCUT2D eigenvalue weighted by Crippen LogP contribution is -1.94. The van der Waals surface area contributed by atoms with Crippen molar-refractivity contribution < 1.29 is 4.42 Å². The van der Waals surface area contributed by atoms with Gasteiger partial charge in [-0.25, -0.2) is 0 Å². The molecule has 3 heterocycles. The normalized spacial score (nSPS) is 11.9. The van der Waals surface area contributed by atoms with Gasteiger partial charge in [-0.05, 0) is 88.0 Å². The lowest BCUT2D eigenvalue weighted by Gasteiger charge is -2.11. The molecule has 0 saturated carbocycles. The molecule has 8 aromatic carbocycles. The van der Waals surface area contributed by atoms with E-state index in [1.165, 1.54) is 86.1 Å². The summed E-state index contributed by atoms with van der Waals surface area (Å²) in [6.07, 6.45) is 0. The number of benzene rings is 8. The topological polar surface area (TPSA) is 18.1 Å². The van der Waals surface area contributed by atoms with Crippen LogP contribution in [-0.2, 0) is 0 Å². The van der Waals surface area contributed by atoms with E-state index in [1.807, 2.05) is 17.4 Å². The summed E-state index contributed by atoms with van der Waals surface area (Å²) in [5.41, 5.74) is 12.8. The van der Waals surface area contributed by atoms with Crippen molar-refractivity contribution in [2.24, 2.45) is 0 Å². The highest BCUT2D eigenvalue weighted by atomic mass is 32.1. The number of para-hydroxylation sites is 1. The van der Waals surface area contributed by atoms with Gasteiger partial charge in [-0.1, -0.05) is 121 Å². The molecule has 0 bridgehead atoms. The predicted molar refractivity (Wildman–Crippen MR) is 217 cm³/mol. The van der Waals surface area contributed by atoms with Crippen molar-refractivity contribution in [3.8, 4) is 39.1 Å². The highest BCUT2D eigenvalue weighted by Gasteiger charge is 2.18. The molecule has 0 radical (unpaired) electrons. The van der Waals surface area contributed by atoms with Gasteiger partial charge in [0.05, 0.1) is 11.0 Å². The Labute approximate surface area is 298 Å². The van der Waals surface area contributed by atoms with Crippen molar-refractivity contribution >= 4 is 75.3 Å². The Bertz CT molecular complexity index is 3010. The third kappa shape index (κ3) is 4.35. The second-order valence-electron chi connectivity index (χ2n) is 13.3. The second kappa shape index (κ2) is 11.0. The number of nitrogens with zero attached hydrogens (tertiary/aromatic N) is 1. The van der Waals surface area contributed by atoms with E-state index in [0.29, 0.717) is 0 Å². The van der Waals surface area contributed by atoms with Crippen LogP contribution in [0.3, 0.4) is 0 Å². The SMILES string of the molecule is c1ccc(-c2ccc3c(c2)c2cc(-c4ccccc4)ccc2n3-c2ccc(-c3cccc4c3sc3c4ccc4oc5ccccc5c43)cc2)cc1. The molecule has 0 saturated heterocycles. The van der Waals surface area contributed by atoms with Crippen molar-refractivity contribution in [2.75, 3.05) is 0 Å².